The molecule has 2 aromatic carbocycles. The summed E-state index contributed by atoms with van der Waals surface area (Å²) in [5.74, 6) is -0.587. The van der Waals surface area contributed by atoms with E-state index in [1.807, 2.05) is 20.8 Å². The number of nitrogens with zero attached hydrogens (tertiary/aromatic N) is 2. The van der Waals surface area contributed by atoms with Crippen molar-refractivity contribution < 1.29 is 18.0 Å². The Morgan fingerprint density at radius 1 is 1.08 bits per heavy atom. The monoisotopic (exact) mass is 619 g/mol. The summed E-state index contributed by atoms with van der Waals surface area (Å²) in [5, 5.41) is 3.58. The van der Waals surface area contributed by atoms with Gasteiger partial charge in [-0.15, -0.1) is 0 Å². The van der Waals surface area contributed by atoms with E-state index in [4.69, 9.17) is 23.2 Å². The minimum Gasteiger partial charge on any atom is -0.354 e. The van der Waals surface area contributed by atoms with E-state index in [9.17, 15) is 18.0 Å². The maximum Gasteiger partial charge on any atom is 0.244 e. The maximum atomic E-state index is 13.7. The average Bonchev–Trinajstić information content (AvgIpc) is 2.79. The number of hydrogen-bond acceptors (Lipinski definition) is 4. The second kappa shape index (κ2) is 13.1. The zero-order valence-electron chi connectivity index (χ0n) is 21.0. The van der Waals surface area contributed by atoms with Crippen LogP contribution >= 0.6 is 39.1 Å². The molecule has 2 rings (SSSR count). The second-order valence-electron chi connectivity index (χ2n) is 9.04. The van der Waals surface area contributed by atoms with E-state index in [0.717, 1.165) is 20.6 Å². The average molecular weight is 621 g/mol. The zero-order chi connectivity index (χ0) is 27.2. The number of sulfonamides is 1. The minimum absolute atomic E-state index is 0.0558. The summed E-state index contributed by atoms with van der Waals surface area (Å²) in [6, 6.07) is 9.22. The van der Waals surface area contributed by atoms with Gasteiger partial charge in [0.25, 0.3) is 0 Å². The highest BCUT2D eigenvalue weighted by atomic mass is 79.9. The number of amides is 2. The van der Waals surface area contributed by atoms with E-state index in [1.54, 1.807) is 43.3 Å². The topological polar surface area (TPSA) is 86.8 Å². The van der Waals surface area contributed by atoms with Crippen molar-refractivity contribution in [2.45, 2.75) is 46.7 Å². The number of anilines is 1. The van der Waals surface area contributed by atoms with Crippen LogP contribution in [-0.2, 0) is 26.2 Å². The molecule has 0 heterocycles. The van der Waals surface area contributed by atoms with E-state index in [-0.39, 0.29) is 18.4 Å². The highest BCUT2D eigenvalue weighted by Crippen LogP contribution is 2.26. The first kappa shape index (κ1) is 30.4. The summed E-state index contributed by atoms with van der Waals surface area (Å²) in [6.45, 7) is 7.64. The lowest BCUT2D eigenvalue weighted by atomic mass is 10.1. The van der Waals surface area contributed by atoms with Gasteiger partial charge >= 0.3 is 0 Å². The predicted molar refractivity (Wildman–Crippen MR) is 150 cm³/mol. The van der Waals surface area contributed by atoms with Crippen LogP contribution in [0.1, 0.15) is 38.3 Å². The first-order valence-corrected chi connectivity index (χ1v) is 14.9. The van der Waals surface area contributed by atoms with Gasteiger partial charge < -0.3 is 10.2 Å². The van der Waals surface area contributed by atoms with Crippen molar-refractivity contribution in [2.24, 2.45) is 5.92 Å². The van der Waals surface area contributed by atoms with Crippen LogP contribution in [0.5, 0.6) is 0 Å². The predicted octanol–water partition coefficient (Wildman–Crippen LogP) is 5.41. The standard InChI is InChI=1S/C25H32BrCl2N3O4S/c1-6-23(25(33)29-13-16(2)3)30(14-18-7-10-21(27)22(28)12-18)24(32)15-31(36(5,34)35)19-8-9-20(26)17(4)11-19/h7-12,16,23H,6,13-15H2,1-5H3,(H,29,33)/t23-/m1/s1. The Morgan fingerprint density at radius 2 is 1.75 bits per heavy atom. The van der Waals surface area contributed by atoms with Crippen molar-refractivity contribution in [1.29, 1.82) is 0 Å². The van der Waals surface area contributed by atoms with Crippen LogP contribution in [0.2, 0.25) is 10.0 Å². The van der Waals surface area contributed by atoms with Crippen molar-refractivity contribution in [3.05, 3.63) is 62.0 Å². The highest BCUT2D eigenvalue weighted by Gasteiger charge is 2.32. The molecule has 0 unspecified atom stereocenters. The molecule has 0 aliphatic rings. The lowest BCUT2D eigenvalue weighted by Crippen LogP contribution is -2.52. The first-order valence-electron chi connectivity index (χ1n) is 11.5. The van der Waals surface area contributed by atoms with Gasteiger partial charge in [0.2, 0.25) is 21.8 Å². The van der Waals surface area contributed by atoms with E-state index in [1.165, 1.54) is 4.90 Å². The van der Waals surface area contributed by atoms with Gasteiger partial charge in [-0.25, -0.2) is 8.42 Å². The number of nitrogens with one attached hydrogen (secondary N) is 1. The fourth-order valence-corrected chi connectivity index (χ4v) is 4.98. The number of benzene rings is 2. The van der Waals surface area contributed by atoms with Crippen molar-refractivity contribution in [1.82, 2.24) is 10.2 Å². The minimum atomic E-state index is -3.80. The molecule has 2 amide bonds. The Kier molecular flexibility index (Phi) is 11.1. The molecule has 0 spiro atoms. The molecule has 0 aromatic heterocycles. The summed E-state index contributed by atoms with van der Waals surface area (Å²) in [4.78, 5) is 28.2. The number of hydrogen-bond donors (Lipinski definition) is 1. The van der Waals surface area contributed by atoms with E-state index in [2.05, 4.69) is 21.2 Å². The smallest absolute Gasteiger partial charge is 0.244 e. The lowest BCUT2D eigenvalue weighted by molar-refractivity contribution is -0.140. The zero-order valence-corrected chi connectivity index (χ0v) is 24.9. The summed E-state index contributed by atoms with van der Waals surface area (Å²) < 4.78 is 27.3. The Hall–Kier alpha value is -1.81. The Morgan fingerprint density at radius 3 is 2.28 bits per heavy atom. The van der Waals surface area contributed by atoms with Crippen LogP contribution in [0.4, 0.5) is 5.69 Å². The number of rotatable bonds is 11. The lowest BCUT2D eigenvalue weighted by Gasteiger charge is -2.33. The van der Waals surface area contributed by atoms with Crippen LogP contribution < -0.4 is 9.62 Å². The van der Waals surface area contributed by atoms with Gasteiger partial charge in [-0.2, -0.15) is 0 Å². The molecule has 2 aromatic rings. The molecule has 7 nitrogen and oxygen atoms in total. The summed E-state index contributed by atoms with van der Waals surface area (Å²) in [5.41, 5.74) is 1.84. The number of aryl methyl sites for hydroxylation is 1. The van der Waals surface area contributed by atoms with Gasteiger partial charge in [0.1, 0.15) is 12.6 Å². The molecule has 0 saturated carbocycles. The molecule has 1 N–H and O–H groups in total. The third kappa shape index (κ3) is 8.36. The van der Waals surface area contributed by atoms with E-state index >= 15 is 0 Å². The van der Waals surface area contributed by atoms with Crippen molar-refractivity contribution in [3.63, 3.8) is 0 Å². The Bertz CT molecular complexity index is 1210. The second-order valence-corrected chi connectivity index (χ2v) is 12.6. The molecule has 0 fully saturated rings. The SMILES string of the molecule is CC[C@H](C(=O)NCC(C)C)N(Cc1ccc(Cl)c(Cl)c1)C(=O)CN(c1ccc(Br)c(C)c1)S(C)(=O)=O. The van der Waals surface area contributed by atoms with Gasteiger partial charge in [0, 0.05) is 17.6 Å². The van der Waals surface area contributed by atoms with Crippen LogP contribution in [0, 0.1) is 12.8 Å². The third-order valence-corrected chi connectivity index (χ3v) is 8.29. The van der Waals surface area contributed by atoms with E-state index in [0.29, 0.717) is 34.3 Å². The highest BCUT2D eigenvalue weighted by molar-refractivity contribution is 9.10. The van der Waals surface area contributed by atoms with Crippen molar-refractivity contribution in [2.75, 3.05) is 23.7 Å². The number of halogens is 3. The number of carbonyl (C=O) groups excluding carboxylic acids is 2. The number of carbonyl (C=O) groups is 2. The molecule has 1 atom stereocenters. The molecule has 36 heavy (non-hydrogen) atoms. The molecule has 0 aliphatic carbocycles. The molecule has 0 saturated heterocycles. The van der Waals surface area contributed by atoms with Gasteiger partial charge in [-0.3, -0.25) is 13.9 Å². The molecule has 11 heteroatoms. The molecule has 0 radical (unpaired) electrons. The normalized spacial score (nSPS) is 12.4. The molecular weight excluding hydrogens is 589 g/mol. The molecule has 198 valence electrons. The first-order chi connectivity index (χ1) is 16.7. The summed E-state index contributed by atoms with van der Waals surface area (Å²) in [7, 11) is -3.80. The van der Waals surface area contributed by atoms with Crippen LogP contribution in [0.3, 0.4) is 0 Å². The fraction of sp³-hybridized carbons (Fsp3) is 0.440. The van der Waals surface area contributed by atoms with Gasteiger partial charge in [0.15, 0.2) is 0 Å². The van der Waals surface area contributed by atoms with Crippen LogP contribution in [-0.4, -0.2) is 50.5 Å². The van der Waals surface area contributed by atoms with Crippen molar-refractivity contribution >= 4 is 66.7 Å². The van der Waals surface area contributed by atoms with Gasteiger partial charge in [-0.05, 0) is 60.7 Å². The van der Waals surface area contributed by atoms with Crippen LogP contribution in [0.25, 0.3) is 0 Å². The van der Waals surface area contributed by atoms with Gasteiger partial charge in [-0.1, -0.05) is 66.0 Å². The molecule has 0 aliphatic heterocycles. The Labute approximate surface area is 232 Å². The quantitative estimate of drug-likeness (QED) is 0.364. The fourth-order valence-electron chi connectivity index (χ4n) is 3.57. The van der Waals surface area contributed by atoms with E-state index < -0.39 is 28.5 Å². The Balaban J connectivity index is 2.46. The summed E-state index contributed by atoms with van der Waals surface area (Å²) >= 11 is 15.6. The van der Waals surface area contributed by atoms with Gasteiger partial charge in [0.05, 0.1) is 22.0 Å². The third-order valence-electron chi connectivity index (χ3n) is 5.52. The van der Waals surface area contributed by atoms with Crippen LogP contribution in [0.15, 0.2) is 40.9 Å². The largest absolute Gasteiger partial charge is 0.354 e. The van der Waals surface area contributed by atoms with Crippen molar-refractivity contribution in [3.8, 4) is 0 Å². The molecule has 0 bridgehead atoms. The summed E-state index contributed by atoms with van der Waals surface area (Å²) in [6.07, 6.45) is 1.39. The molecular formula is C25H32BrCl2N3O4S. The maximum absolute atomic E-state index is 13.7.